The highest BCUT2D eigenvalue weighted by Gasteiger charge is 2.24. The van der Waals surface area contributed by atoms with Gasteiger partial charge in [0.05, 0.1) is 4.92 Å². The maximum atomic E-state index is 10.4. The minimum absolute atomic E-state index is 0.0247. The Balaban J connectivity index is 2.47. The Morgan fingerprint density at radius 1 is 1.62 bits per heavy atom. The maximum Gasteiger partial charge on any atom is 0.270 e. The quantitative estimate of drug-likeness (QED) is 0.518. The van der Waals surface area contributed by atoms with Crippen molar-refractivity contribution in [2.45, 2.75) is 6.10 Å². The summed E-state index contributed by atoms with van der Waals surface area (Å²) in [5.41, 5.74) is 0.470. The molecule has 1 aliphatic rings. The molecule has 68 valence electrons. The monoisotopic (exact) mass is 181 g/mol. The predicted molar refractivity (Wildman–Crippen MR) is 43.6 cm³/mol. The molecule has 0 aliphatic carbocycles. The molecule has 0 spiro atoms. The Bertz CT molecular complexity index is 363. The molecule has 0 amide bonds. The fourth-order valence-electron chi connectivity index (χ4n) is 1.30. The van der Waals surface area contributed by atoms with Gasteiger partial charge in [-0.3, -0.25) is 10.1 Å². The highest BCUT2D eigenvalue weighted by atomic mass is 16.6. The third kappa shape index (κ3) is 1.23. The van der Waals surface area contributed by atoms with Gasteiger partial charge < -0.3 is 9.84 Å². The second-order valence-corrected chi connectivity index (χ2v) is 2.81. The fourth-order valence-corrected chi connectivity index (χ4v) is 1.30. The van der Waals surface area contributed by atoms with Crippen molar-refractivity contribution in [1.29, 1.82) is 0 Å². The highest BCUT2D eigenvalue weighted by molar-refractivity contribution is 5.46. The number of aliphatic hydroxyl groups is 1. The molecule has 1 atom stereocenters. The van der Waals surface area contributed by atoms with E-state index in [0.717, 1.165) is 0 Å². The third-order valence-electron chi connectivity index (χ3n) is 1.96. The molecule has 1 aliphatic heterocycles. The molecular formula is C8H7NO4. The van der Waals surface area contributed by atoms with Gasteiger partial charge in [-0.1, -0.05) is 0 Å². The molecular weight excluding hydrogens is 174 g/mol. The zero-order valence-electron chi connectivity index (χ0n) is 6.64. The van der Waals surface area contributed by atoms with E-state index in [-0.39, 0.29) is 12.3 Å². The molecule has 0 saturated heterocycles. The number of rotatable bonds is 1. The largest absolute Gasteiger partial charge is 0.490 e. The molecule has 0 bridgehead atoms. The number of hydrogen-bond acceptors (Lipinski definition) is 4. The Kier molecular flexibility index (Phi) is 1.66. The maximum absolute atomic E-state index is 10.4. The molecule has 0 saturated carbocycles. The first-order valence-corrected chi connectivity index (χ1v) is 3.77. The lowest BCUT2D eigenvalue weighted by atomic mass is 10.1. The van der Waals surface area contributed by atoms with Gasteiger partial charge in [-0.05, 0) is 6.07 Å². The van der Waals surface area contributed by atoms with E-state index >= 15 is 0 Å². The summed E-state index contributed by atoms with van der Waals surface area (Å²) in [7, 11) is 0. The second kappa shape index (κ2) is 2.70. The molecule has 13 heavy (non-hydrogen) atoms. The summed E-state index contributed by atoms with van der Waals surface area (Å²) >= 11 is 0. The Morgan fingerprint density at radius 2 is 2.38 bits per heavy atom. The summed E-state index contributed by atoms with van der Waals surface area (Å²) < 4.78 is 5.07. The molecule has 1 aromatic rings. The number of nitro benzene ring substituents is 1. The van der Waals surface area contributed by atoms with Crippen molar-refractivity contribution in [3.05, 3.63) is 33.9 Å². The molecule has 2 rings (SSSR count). The van der Waals surface area contributed by atoms with Gasteiger partial charge in [-0.25, -0.2) is 0 Å². The minimum Gasteiger partial charge on any atom is -0.490 e. The summed E-state index contributed by atoms with van der Waals surface area (Å²) in [4.78, 5) is 9.90. The van der Waals surface area contributed by atoms with Gasteiger partial charge in [0.1, 0.15) is 18.5 Å². The van der Waals surface area contributed by atoms with Gasteiger partial charge >= 0.3 is 0 Å². The van der Waals surface area contributed by atoms with Gasteiger partial charge in [0.15, 0.2) is 0 Å². The lowest BCUT2D eigenvalue weighted by Gasteiger charge is -1.98. The number of nitro groups is 1. The molecule has 0 aromatic heterocycles. The minimum atomic E-state index is -0.741. The first-order valence-electron chi connectivity index (χ1n) is 3.77. The summed E-state index contributed by atoms with van der Waals surface area (Å²) in [6.07, 6.45) is -0.741. The predicted octanol–water partition coefficient (Wildman–Crippen LogP) is 1.02. The summed E-state index contributed by atoms with van der Waals surface area (Å²) in [5, 5.41) is 19.7. The Labute approximate surface area is 73.7 Å². The first kappa shape index (κ1) is 8.00. The number of fused-ring (bicyclic) bond motifs is 1. The van der Waals surface area contributed by atoms with E-state index in [1.807, 2.05) is 0 Å². The number of nitrogens with zero attached hydrogens (tertiary/aromatic N) is 1. The second-order valence-electron chi connectivity index (χ2n) is 2.81. The van der Waals surface area contributed by atoms with Crippen LogP contribution in [0.3, 0.4) is 0 Å². The normalized spacial score (nSPS) is 19.3. The van der Waals surface area contributed by atoms with Crippen LogP contribution in [0.2, 0.25) is 0 Å². The molecule has 1 N–H and O–H groups in total. The van der Waals surface area contributed by atoms with Crippen LogP contribution < -0.4 is 4.74 Å². The highest BCUT2D eigenvalue weighted by Crippen LogP contribution is 2.34. The van der Waals surface area contributed by atoms with Crippen LogP contribution in [0, 0.1) is 10.1 Å². The van der Waals surface area contributed by atoms with Crippen LogP contribution in [-0.2, 0) is 0 Å². The van der Waals surface area contributed by atoms with Crippen LogP contribution in [0.4, 0.5) is 5.69 Å². The smallest absolute Gasteiger partial charge is 0.270 e. The molecule has 0 fully saturated rings. The van der Waals surface area contributed by atoms with E-state index in [0.29, 0.717) is 11.3 Å². The van der Waals surface area contributed by atoms with Crippen molar-refractivity contribution in [2.24, 2.45) is 0 Å². The lowest BCUT2D eigenvalue weighted by Crippen LogP contribution is -1.97. The van der Waals surface area contributed by atoms with Crippen LogP contribution in [-0.4, -0.2) is 16.6 Å². The number of benzene rings is 1. The third-order valence-corrected chi connectivity index (χ3v) is 1.96. The number of aliphatic hydroxyl groups excluding tert-OH is 1. The summed E-state index contributed by atoms with van der Waals surface area (Å²) in [6, 6.07) is 4.20. The molecule has 5 heteroatoms. The number of non-ortho nitro benzene ring substituents is 1. The van der Waals surface area contributed by atoms with E-state index in [4.69, 9.17) is 4.74 Å². The van der Waals surface area contributed by atoms with Crippen molar-refractivity contribution in [2.75, 3.05) is 6.61 Å². The number of hydrogen-bond donors (Lipinski definition) is 1. The van der Waals surface area contributed by atoms with Crippen LogP contribution >= 0.6 is 0 Å². The van der Waals surface area contributed by atoms with E-state index < -0.39 is 11.0 Å². The van der Waals surface area contributed by atoms with Crippen molar-refractivity contribution in [1.82, 2.24) is 0 Å². The van der Waals surface area contributed by atoms with Crippen LogP contribution in [0.15, 0.2) is 18.2 Å². The average molecular weight is 181 g/mol. The van der Waals surface area contributed by atoms with Gasteiger partial charge in [0.25, 0.3) is 5.69 Å². The van der Waals surface area contributed by atoms with Crippen LogP contribution in [0.1, 0.15) is 11.7 Å². The Hall–Kier alpha value is -1.62. The van der Waals surface area contributed by atoms with Crippen molar-refractivity contribution >= 4 is 5.69 Å². The van der Waals surface area contributed by atoms with Crippen molar-refractivity contribution < 1.29 is 14.8 Å². The summed E-state index contributed by atoms with van der Waals surface area (Å²) in [6.45, 7) is 0.177. The number of ether oxygens (including phenoxy) is 1. The van der Waals surface area contributed by atoms with Crippen molar-refractivity contribution in [3.8, 4) is 5.75 Å². The molecule has 0 radical (unpaired) electrons. The standard InChI is InChI=1S/C8H7NO4/c10-7-4-13-8-2-1-5(9(11)12)3-6(7)8/h1-3,7,10H,4H2. The zero-order chi connectivity index (χ0) is 9.42. The van der Waals surface area contributed by atoms with Crippen molar-refractivity contribution in [3.63, 3.8) is 0 Å². The van der Waals surface area contributed by atoms with Crippen LogP contribution in [0.25, 0.3) is 0 Å². The van der Waals surface area contributed by atoms with Gasteiger partial charge in [0.2, 0.25) is 0 Å². The van der Waals surface area contributed by atoms with E-state index in [9.17, 15) is 15.2 Å². The fraction of sp³-hybridized carbons (Fsp3) is 0.250. The van der Waals surface area contributed by atoms with Gasteiger partial charge in [-0.2, -0.15) is 0 Å². The molecule has 1 unspecified atom stereocenters. The van der Waals surface area contributed by atoms with Gasteiger partial charge in [0, 0.05) is 17.7 Å². The average Bonchev–Trinajstić information content (AvgIpc) is 2.47. The van der Waals surface area contributed by atoms with Gasteiger partial charge in [-0.15, -0.1) is 0 Å². The zero-order valence-corrected chi connectivity index (χ0v) is 6.64. The van der Waals surface area contributed by atoms with E-state index in [1.54, 1.807) is 0 Å². The Morgan fingerprint density at radius 3 is 3.08 bits per heavy atom. The van der Waals surface area contributed by atoms with Crippen LogP contribution in [0.5, 0.6) is 5.75 Å². The molecule has 1 aromatic carbocycles. The van der Waals surface area contributed by atoms with E-state index in [1.165, 1.54) is 18.2 Å². The molecule has 1 heterocycles. The molecule has 5 nitrogen and oxygen atoms in total. The SMILES string of the molecule is O=[N+]([O-])c1ccc2c(c1)C(O)CO2. The topological polar surface area (TPSA) is 72.6 Å². The lowest BCUT2D eigenvalue weighted by molar-refractivity contribution is -0.385. The summed E-state index contributed by atoms with van der Waals surface area (Å²) in [5.74, 6) is 0.526. The first-order chi connectivity index (χ1) is 6.18. The van der Waals surface area contributed by atoms with E-state index in [2.05, 4.69) is 0 Å².